The minimum atomic E-state index is -0.364. The van der Waals surface area contributed by atoms with Crippen LogP contribution in [-0.4, -0.2) is 50.3 Å². The number of hydrogen-bond donors (Lipinski definition) is 1. The SMILES string of the molecule is COc1ccc2cc([C@@H](c3nnnn3Cc3ccccc3)N3CCC(Cc4ccccc4)CC3)c(=O)[nH]c2c1. The zero-order valence-electron chi connectivity index (χ0n) is 22.0. The molecule has 1 saturated heterocycles. The zero-order valence-corrected chi connectivity index (χ0v) is 22.0. The number of H-pyrrole nitrogens is 1. The first-order chi connectivity index (χ1) is 19.2. The molecule has 8 nitrogen and oxygen atoms in total. The minimum absolute atomic E-state index is 0.138. The van der Waals surface area contributed by atoms with Gasteiger partial charge in [-0.1, -0.05) is 60.7 Å². The largest absolute Gasteiger partial charge is 0.497 e. The molecule has 1 atom stereocenters. The normalized spacial score (nSPS) is 15.4. The second-order valence-electron chi connectivity index (χ2n) is 10.3. The van der Waals surface area contributed by atoms with Gasteiger partial charge in [0.1, 0.15) is 11.8 Å². The fraction of sp³-hybridized carbons (Fsp3) is 0.290. The molecule has 5 aromatic rings. The lowest BCUT2D eigenvalue weighted by atomic mass is 9.89. The van der Waals surface area contributed by atoms with Crippen molar-refractivity contribution in [2.24, 2.45) is 5.92 Å². The van der Waals surface area contributed by atoms with E-state index in [0.29, 0.717) is 29.6 Å². The minimum Gasteiger partial charge on any atom is -0.497 e. The van der Waals surface area contributed by atoms with Gasteiger partial charge in [-0.25, -0.2) is 4.68 Å². The van der Waals surface area contributed by atoms with Crippen molar-refractivity contribution in [3.63, 3.8) is 0 Å². The van der Waals surface area contributed by atoms with Crippen molar-refractivity contribution in [2.45, 2.75) is 31.8 Å². The molecule has 39 heavy (non-hydrogen) atoms. The molecule has 8 heteroatoms. The third-order valence-electron chi connectivity index (χ3n) is 7.74. The fourth-order valence-corrected chi connectivity index (χ4v) is 5.67. The second kappa shape index (κ2) is 11.2. The Morgan fingerprint density at radius 1 is 0.949 bits per heavy atom. The molecule has 1 aliphatic heterocycles. The Morgan fingerprint density at radius 2 is 1.67 bits per heavy atom. The number of nitrogens with one attached hydrogen (secondary N) is 1. The van der Waals surface area contributed by atoms with E-state index in [-0.39, 0.29) is 11.6 Å². The number of hydrogen-bond acceptors (Lipinski definition) is 6. The summed E-state index contributed by atoms with van der Waals surface area (Å²) in [6, 6.07) is 28.2. The molecule has 0 aliphatic carbocycles. The first-order valence-corrected chi connectivity index (χ1v) is 13.5. The molecule has 0 amide bonds. The Morgan fingerprint density at radius 3 is 2.38 bits per heavy atom. The van der Waals surface area contributed by atoms with Crippen molar-refractivity contribution in [3.05, 3.63) is 118 Å². The van der Waals surface area contributed by atoms with Crippen LogP contribution in [0.5, 0.6) is 5.75 Å². The van der Waals surface area contributed by atoms with E-state index in [1.165, 1.54) is 5.56 Å². The number of aromatic nitrogens is 5. The second-order valence-corrected chi connectivity index (χ2v) is 10.3. The summed E-state index contributed by atoms with van der Waals surface area (Å²) in [5.74, 6) is 1.99. The van der Waals surface area contributed by atoms with Gasteiger partial charge in [0.25, 0.3) is 5.56 Å². The Labute approximate surface area is 227 Å². The molecular formula is C31H32N6O2. The van der Waals surface area contributed by atoms with Gasteiger partial charge in [-0.05, 0) is 83.4 Å². The molecule has 0 radical (unpaired) electrons. The third kappa shape index (κ3) is 5.47. The van der Waals surface area contributed by atoms with Crippen LogP contribution in [0.4, 0.5) is 0 Å². The number of rotatable bonds is 8. The molecule has 3 aromatic carbocycles. The van der Waals surface area contributed by atoms with Gasteiger partial charge in [0.15, 0.2) is 5.82 Å². The van der Waals surface area contributed by atoms with Gasteiger partial charge >= 0.3 is 0 Å². The fourth-order valence-electron chi connectivity index (χ4n) is 5.67. The Balaban J connectivity index is 1.35. The van der Waals surface area contributed by atoms with Gasteiger partial charge in [0.2, 0.25) is 0 Å². The number of likely N-dealkylation sites (tertiary alicyclic amines) is 1. The first kappa shape index (κ1) is 25.0. The van der Waals surface area contributed by atoms with Gasteiger partial charge in [0, 0.05) is 11.6 Å². The van der Waals surface area contributed by atoms with Crippen LogP contribution in [-0.2, 0) is 13.0 Å². The standard InChI is InChI=1S/C31H32N6O2/c1-39-26-13-12-25-19-27(31(38)32-28(25)20-26)29(30-33-34-35-37(30)21-24-10-6-3-7-11-24)36-16-14-23(15-17-36)18-22-8-4-2-5-9-22/h2-13,19-20,23,29H,14-18,21H2,1H3,(H,32,38)/t29-/m0/s1. The Bertz CT molecular complexity index is 1590. The summed E-state index contributed by atoms with van der Waals surface area (Å²) in [4.78, 5) is 19.0. The zero-order chi connectivity index (χ0) is 26.6. The molecular weight excluding hydrogens is 488 g/mol. The third-order valence-corrected chi connectivity index (χ3v) is 7.74. The summed E-state index contributed by atoms with van der Waals surface area (Å²) < 4.78 is 7.19. The van der Waals surface area contributed by atoms with E-state index in [1.54, 1.807) is 7.11 Å². The smallest absolute Gasteiger partial charge is 0.253 e. The van der Waals surface area contributed by atoms with Crippen molar-refractivity contribution in [2.75, 3.05) is 20.2 Å². The summed E-state index contributed by atoms with van der Waals surface area (Å²) in [5.41, 5.74) is 3.73. The first-order valence-electron chi connectivity index (χ1n) is 13.5. The lowest BCUT2D eigenvalue weighted by Gasteiger charge is -2.37. The van der Waals surface area contributed by atoms with Crippen molar-refractivity contribution in [1.29, 1.82) is 0 Å². The van der Waals surface area contributed by atoms with E-state index in [1.807, 2.05) is 47.1 Å². The number of benzene rings is 3. The van der Waals surface area contributed by atoms with Crippen molar-refractivity contribution in [1.82, 2.24) is 30.1 Å². The maximum atomic E-state index is 13.6. The summed E-state index contributed by atoms with van der Waals surface area (Å²) in [5, 5.41) is 13.8. The molecule has 198 valence electrons. The average Bonchev–Trinajstić information content (AvgIpc) is 3.42. The summed E-state index contributed by atoms with van der Waals surface area (Å²) in [6.45, 7) is 2.26. The molecule has 1 N–H and O–H groups in total. The number of pyridine rings is 1. The molecule has 0 bridgehead atoms. The molecule has 0 saturated carbocycles. The summed E-state index contributed by atoms with van der Waals surface area (Å²) in [7, 11) is 1.62. The number of nitrogens with zero attached hydrogens (tertiary/aromatic N) is 5. The van der Waals surface area contributed by atoms with Crippen molar-refractivity contribution < 1.29 is 4.74 Å². The molecule has 0 spiro atoms. The van der Waals surface area contributed by atoms with Gasteiger partial charge in [-0.2, -0.15) is 0 Å². The number of piperidine rings is 1. The molecule has 1 fully saturated rings. The van der Waals surface area contributed by atoms with Crippen LogP contribution in [0, 0.1) is 5.92 Å². The van der Waals surface area contributed by atoms with Gasteiger partial charge in [-0.15, -0.1) is 5.10 Å². The monoisotopic (exact) mass is 520 g/mol. The van der Waals surface area contributed by atoms with Crippen molar-refractivity contribution >= 4 is 10.9 Å². The maximum Gasteiger partial charge on any atom is 0.253 e. The molecule has 6 rings (SSSR count). The maximum absolute atomic E-state index is 13.6. The van der Waals surface area contributed by atoms with Gasteiger partial charge < -0.3 is 9.72 Å². The Kier molecular flexibility index (Phi) is 7.19. The van der Waals surface area contributed by atoms with Crippen LogP contribution in [0.3, 0.4) is 0 Å². The Hall–Kier alpha value is -4.30. The van der Waals surface area contributed by atoms with Crippen LogP contribution in [0.2, 0.25) is 0 Å². The van der Waals surface area contributed by atoms with Crippen LogP contribution in [0.15, 0.2) is 89.7 Å². The van der Waals surface area contributed by atoms with Crippen LogP contribution in [0.1, 0.15) is 41.4 Å². The highest BCUT2D eigenvalue weighted by molar-refractivity contribution is 5.80. The van der Waals surface area contributed by atoms with Gasteiger partial charge in [0.05, 0.1) is 19.2 Å². The van der Waals surface area contributed by atoms with Crippen LogP contribution < -0.4 is 10.3 Å². The van der Waals surface area contributed by atoms with E-state index in [0.717, 1.165) is 48.8 Å². The van der Waals surface area contributed by atoms with Crippen LogP contribution in [0.25, 0.3) is 10.9 Å². The summed E-state index contributed by atoms with van der Waals surface area (Å²) in [6.07, 6.45) is 3.17. The molecule has 0 unspecified atom stereocenters. The van der Waals surface area contributed by atoms with E-state index in [2.05, 4.69) is 67.9 Å². The predicted octanol–water partition coefficient (Wildman–Crippen LogP) is 4.62. The van der Waals surface area contributed by atoms with Crippen molar-refractivity contribution in [3.8, 4) is 5.75 Å². The number of tetrazole rings is 1. The summed E-state index contributed by atoms with van der Waals surface area (Å²) >= 11 is 0. The average molecular weight is 521 g/mol. The van der Waals surface area contributed by atoms with Crippen LogP contribution >= 0.6 is 0 Å². The topological polar surface area (TPSA) is 88.9 Å². The molecule has 1 aliphatic rings. The number of ether oxygens (including phenoxy) is 1. The molecule has 2 aromatic heterocycles. The highest BCUT2D eigenvalue weighted by atomic mass is 16.5. The number of methoxy groups -OCH3 is 1. The lowest BCUT2D eigenvalue weighted by molar-refractivity contribution is 0.143. The quantitative estimate of drug-likeness (QED) is 0.321. The highest BCUT2D eigenvalue weighted by Crippen LogP contribution is 2.32. The lowest BCUT2D eigenvalue weighted by Crippen LogP contribution is -2.41. The number of aromatic amines is 1. The van der Waals surface area contributed by atoms with Gasteiger partial charge in [-0.3, -0.25) is 9.69 Å². The van der Waals surface area contributed by atoms with E-state index in [4.69, 9.17) is 4.74 Å². The predicted molar refractivity (Wildman–Crippen MR) is 151 cm³/mol. The van der Waals surface area contributed by atoms with E-state index < -0.39 is 0 Å². The van der Waals surface area contributed by atoms with E-state index in [9.17, 15) is 4.79 Å². The number of fused-ring (bicyclic) bond motifs is 1. The highest BCUT2D eigenvalue weighted by Gasteiger charge is 2.33. The van der Waals surface area contributed by atoms with E-state index >= 15 is 0 Å². The molecule has 3 heterocycles.